The minimum Gasteiger partial charge on any atom is -0.491 e. The van der Waals surface area contributed by atoms with Crippen LogP contribution in [0, 0.1) is 0 Å². The normalized spacial score (nSPS) is 17.9. The molecule has 1 aliphatic carbocycles. The molecule has 1 heterocycles. The number of carbonyl (C=O) groups is 2. The van der Waals surface area contributed by atoms with E-state index in [0.29, 0.717) is 35.9 Å². The minimum atomic E-state index is -0.503. The molecule has 0 unspecified atom stereocenters. The molecule has 2 aliphatic rings. The van der Waals surface area contributed by atoms with Crippen molar-refractivity contribution < 1.29 is 28.5 Å². The fourth-order valence-corrected chi connectivity index (χ4v) is 2.15. The van der Waals surface area contributed by atoms with E-state index < -0.39 is 11.9 Å². The van der Waals surface area contributed by atoms with Gasteiger partial charge < -0.3 is 18.9 Å². The SMILES string of the molecule is CCOC(=O)C1=C(C(=O)OCC)CC2=C(C1)OCCO2. The number of ether oxygens (including phenoxy) is 4. The number of esters is 2. The Kier molecular flexibility index (Phi) is 4.65. The predicted molar refractivity (Wildman–Crippen MR) is 68.5 cm³/mol. The third-order valence-corrected chi connectivity index (χ3v) is 3.03. The standard InChI is InChI=1S/C14H18O6/c1-3-17-13(15)9-7-11-12(20-6-5-19-11)8-10(9)14(16)18-4-2/h3-8H2,1-2H3. The van der Waals surface area contributed by atoms with Gasteiger partial charge in [0.1, 0.15) is 24.7 Å². The highest BCUT2D eigenvalue weighted by atomic mass is 16.6. The first-order valence-electron chi connectivity index (χ1n) is 6.71. The number of allylic oxidation sites excluding steroid dienone is 2. The van der Waals surface area contributed by atoms with Crippen LogP contribution in [0.5, 0.6) is 0 Å². The van der Waals surface area contributed by atoms with Crippen LogP contribution in [-0.2, 0) is 28.5 Å². The van der Waals surface area contributed by atoms with Gasteiger partial charge in [0, 0.05) is 12.8 Å². The van der Waals surface area contributed by atoms with E-state index in [9.17, 15) is 9.59 Å². The van der Waals surface area contributed by atoms with Gasteiger partial charge in [0.25, 0.3) is 0 Å². The zero-order valence-electron chi connectivity index (χ0n) is 11.7. The topological polar surface area (TPSA) is 71.1 Å². The van der Waals surface area contributed by atoms with Gasteiger partial charge in [-0.1, -0.05) is 0 Å². The molecule has 6 nitrogen and oxygen atoms in total. The maximum atomic E-state index is 12.0. The summed E-state index contributed by atoms with van der Waals surface area (Å²) in [6.07, 6.45) is 0.421. The Labute approximate surface area is 117 Å². The smallest absolute Gasteiger partial charge is 0.335 e. The summed E-state index contributed by atoms with van der Waals surface area (Å²) in [5.41, 5.74) is 0.601. The molecule has 6 heteroatoms. The lowest BCUT2D eigenvalue weighted by Gasteiger charge is -2.27. The monoisotopic (exact) mass is 282 g/mol. The van der Waals surface area contributed by atoms with Crippen LogP contribution < -0.4 is 0 Å². The number of hydrogen-bond acceptors (Lipinski definition) is 6. The summed E-state index contributed by atoms with van der Waals surface area (Å²) in [6.45, 7) is 4.84. The lowest BCUT2D eigenvalue weighted by Crippen LogP contribution is -2.25. The van der Waals surface area contributed by atoms with Crippen LogP contribution in [-0.4, -0.2) is 38.4 Å². The molecule has 0 aromatic heterocycles. The zero-order valence-corrected chi connectivity index (χ0v) is 11.7. The van der Waals surface area contributed by atoms with Crippen molar-refractivity contribution in [1.29, 1.82) is 0 Å². The average molecular weight is 282 g/mol. The molecule has 110 valence electrons. The second-order valence-corrected chi connectivity index (χ2v) is 4.29. The van der Waals surface area contributed by atoms with Gasteiger partial charge in [0.15, 0.2) is 0 Å². The van der Waals surface area contributed by atoms with Gasteiger partial charge in [-0.3, -0.25) is 0 Å². The van der Waals surface area contributed by atoms with E-state index in [2.05, 4.69) is 0 Å². The van der Waals surface area contributed by atoms with Crippen LogP contribution in [0.25, 0.3) is 0 Å². The first-order chi connectivity index (χ1) is 9.67. The van der Waals surface area contributed by atoms with Crippen LogP contribution in [0.4, 0.5) is 0 Å². The second kappa shape index (κ2) is 6.45. The predicted octanol–water partition coefficient (Wildman–Crippen LogP) is 1.46. The first-order valence-corrected chi connectivity index (χ1v) is 6.71. The molecule has 0 radical (unpaired) electrons. The highest BCUT2D eigenvalue weighted by Gasteiger charge is 2.33. The Morgan fingerprint density at radius 3 is 1.65 bits per heavy atom. The quantitative estimate of drug-likeness (QED) is 0.727. The van der Waals surface area contributed by atoms with Gasteiger partial charge in [0.2, 0.25) is 0 Å². The molecule has 0 atom stereocenters. The fraction of sp³-hybridized carbons (Fsp3) is 0.571. The third kappa shape index (κ3) is 2.95. The largest absolute Gasteiger partial charge is 0.491 e. The number of hydrogen-bond donors (Lipinski definition) is 0. The molecule has 1 aliphatic heterocycles. The van der Waals surface area contributed by atoms with Crippen molar-refractivity contribution in [2.45, 2.75) is 26.7 Å². The van der Waals surface area contributed by atoms with E-state index in [1.54, 1.807) is 13.8 Å². The van der Waals surface area contributed by atoms with E-state index >= 15 is 0 Å². The summed E-state index contributed by atoms with van der Waals surface area (Å²) in [4.78, 5) is 24.0. The maximum absolute atomic E-state index is 12.0. The molecule has 0 saturated carbocycles. The van der Waals surface area contributed by atoms with Crippen LogP contribution in [0.3, 0.4) is 0 Å². The van der Waals surface area contributed by atoms with Crippen LogP contribution in [0.2, 0.25) is 0 Å². The molecule has 0 fully saturated rings. The molecule has 0 aromatic rings. The van der Waals surface area contributed by atoms with E-state index in [0.717, 1.165) is 0 Å². The van der Waals surface area contributed by atoms with Crippen molar-refractivity contribution in [1.82, 2.24) is 0 Å². The number of rotatable bonds is 4. The van der Waals surface area contributed by atoms with Gasteiger partial charge in [0.05, 0.1) is 24.4 Å². The molecular weight excluding hydrogens is 264 g/mol. The first kappa shape index (κ1) is 14.4. The van der Waals surface area contributed by atoms with Crippen molar-refractivity contribution in [2.75, 3.05) is 26.4 Å². The molecule has 0 amide bonds. The molecule has 20 heavy (non-hydrogen) atoms. The Bertz CT molecular complexity index is 432. The lowest BCUT2D eigenvalue weighted by molar-refractivity contribution is -0.142. The van der Waals surface area contributed by atoms with Gasteiger partial charge in [-0.15, -0.1) is 0 Å². The Balaban J connectivity index is 2.27. The summed E-state index contributed by atoms with van der Waals surface area (Å²) in [7, 11) is 0. The highest BCUT2D eigenvalue weighted by molar-refractivity contribution is 6.01. The second-order valence-electron chi connectivity index (χ2n) is 4.29. The van der Waals surface area contributed by atoms with Crippen LogP contribution in [0.15, 0.2) is 22.7 Å². The third-order valence-electron chi connectivity index (χ3n) is 3.03. The highest BCUT2D eigenvalue weighted by Crippen LogP contribution is 2.34. The van der Waals surface area contributed by atoms with Crippen molar-refractivity contribution in [2.24, 2.45) is 0 Å². The van der Waals surface area contributed by atoms with Crippen LogP contribution in [0.1, 0.15) is 26.7 Å². The van der Waals surface area contributed by atoms with Gasteiger partial charge in [-0.25, -0.2) is 9.59 Å². The van der Waals surface area contributed by atoms with Crippen molar-refractivity contribution in [3.63, 3.8) is 0 Å². The van der Waals surface area contributed by atoms with Gasteiger partial charge in [-0.05, 0) is 13.8 Å². The fourth-order valence-electron chi connectivity index (χ4n) is 2.15. The molecule has 2 rings (SSSR count). The average Bonchev–Trinajstić information content (AvgIpc) is 2.46. The van der Waals surface area contributed by atoms with E-state index in [1.165, 1.54) is 0 Å². The zero-order chi connectivity index (χ0) is 14.5. The maximum Gasteiger partial charge on any atom is 0.335 e. The molecule has 0 saturated heterocycles. The Hall–Kier alpha value is -1.98. The summed E-state index contributed by atoms with van der Waals surface area (Å²) >= 11 is 0. The van der Waals surface area contributed by atoms with Crippen molar-refractivity contribution in [3.05, 3.63) is 22.7 Å². The molecule has 0 N–H and O–H groups in total. The van der Waals surface area contributed by atoms with E-state index in [4.69, 9.17) is 18.9 Å². The van der Waals surface area contributed by atoms with Crippen molar-refractivity contribution in [3.8, 4) is 0 Å². The molecule has 0 bridgehead atoms. The summed E-state index contributed by atoms with van der Waals surface area (Å²) in [6, 6.07) is 0. The Morgan fingerprint density at radius 1 is 0.900 bits per heavy atom. The summed E-state index contributed by atoms with van der Waals surface area (Å²) in [5.74, 6) is 0.201. The molecule has 0 aromatic carbocycles. The minimum absolute atomic E-state index is 0.211. The van der Waals surface area contributed by atoms with Crippen LogP contribution >= 0.6 is 0 Å². The number of carbonyl (C=O) groups excluding carboxylic acids is 2. The molecule has 0 spiro atoms. The van der Waals surface area contributed by atoms with Crippen molar-refractivity contribution >= 4 is 11.9 Å². The Morgan fingerprint density at radius 2 is 1.30 bits per heavy atom. The van der Waals surface area contributed by atoms with Gasteiger partial charge in [-0.2, -0.15) is 0 Å². The summed E-state index contributed by atoms with van der Waals surface area (Å²) in [5, 5.41) is 0. The lowest BCUT2D eigenvalue weighted by atomic mass is 9.94. The van der Waals surface area contributed by atoms with E-state index in [-0.39, 0.29) is 26.1 Å². The van der Waals surface area contributed by atoms with E-state index in [1.807, 2.05) is 0 Å². The summed E-state index contributed by atoms with van der Waals surface area (Å²) < 4.78 is 21.0. The molecular formula is C14H18O6. The van der Waals surface area contributed by atoms with Gasteiger partial charge >= 0.3 is 11.9 Å².